The molecule has 4 nitrogen and oxygen atoms in total. The summed E-state index contributed by atoms with van der Waals surface area (Å²) in [5, 5.41) is 0. The Hall–Kier alpha value is -0.970. The van der Waals surface area contributed by atoms with Crippen molar-refractivity contribution in [3.05, 3.63) is 12.4 Å². The van der Waals surface area contributed by atoms with Gasteiger partial charge in [-0.1, -0.05) is 0 Å². The highest BCUT2D eigenvalue weighted by Gasteiger charge is 2.26. The molecule has 1 aromatic rings. The second-order valence-corrected chi connectivity index (χ2v) is 7.64. The first-order chi connectivity index (χ1) is 10.2. The topological polar surface area (TPSA) is 55.0 Å². The van der Waals surface area contributed by atoms with Crippen LogP contribution in [0.3, 0.4) is 0 Å². The van der Waals surface area contributed by atoms with Gasteiger partial charge in [-0.25, -0.2) is 9.97 Å². The number of nitrogen functional groups attached to an aromatic ring is 1. The molecular formula is C16H26N4S. The molecule has 0 saturated heterocycles. The van der Waals surface area contributed by atoms with Gasteiger partial charge >= 0.3 is 0 Å². The molecule has 21 heavy (non-hydrogen) atoms. The molecule has 0 radical (unpaired) electrons. The average molecular weight is 306 g/mol. The van der Waals surface area contributed by atoms with E-state index in [9.17, 15) is 0 Å². The van der Waals surface area contributed by atoms with Crippen molar-refractivity contribution < 1.29 is 0 Å². The third kappa shape index (κ3) is 4.25. The summed E-state index contributed by atoms with van der Waals surface area (Å²) in [5.74, 6) is 6.26. The van der Waals surface area contributed by atoms with E-state index in [4.69, 9.17) is 5.73 Å². The Morgan fingerprint density at radius 2 is 1.71 bits per heavy atom. The van der Waals surface area contributed by atoms with E-state index in [2.05, 4.69) is 33.7 Å². The average Bonchev–Trinajstić information content (AvgIpc) is 3.31. The summed E-state index contributed by atoms with van der Waals surface area (Å²) < 4.78 is 0. The van der Waals surface area contributed by atoms with Crippen molar-refractivity contribution >= 4 is 23.4 Å². The highest BCUT2D eigenvalue weighted by molar-refractivity contribution is 7.99. The van der Waals surface area contributed by atoms with Crippen molar-refractivity contribution in [2.75, 3.05) is 29.2 Å². The van der Waals surface area contributed by atoms with E-state index >= 15 is 0 Å². The van der Waals surface area contributed by atoms with Gasteiger partial charge in [-0.2, -0.15) is 11.8 Å². The Bertz CT molecular complexity index is 455. The summed E-state index contributed by atoms with van der Waals surface area (Å²) in [5.41, 5.74) is 5.75. The number of aromatic nitrogens is 2. The largest absolute Gasteiger partial charge is 0.384 e. The fourth-order valence-corrected chi connectivity index (χ4v) is 4.60. The first-order valence-corrected chi connectivity index (χ1v) is 9.26. The molecular weight excluding hydrogens is 280 g/mol. The predicted molar refractivity (Wildman–Crippen MR) is 90.6 cm³/mol. The zero-order valence-electron chi connectivity index (χ0n) is 12.9. The van der Waals surface area contributed by atoms with Gasteiger partial charge < -0.3 is 10.6 Å². The van der Waals surface area contributed by atoms with Crippen LogP contribution in [-0.2, 0) is 0 Å². The summed E-state index contributed by atoms with van der Waals surface area (Å²) >= 11 is 2.19. The number of nitrogens with two attached hydrogens (primary N) is 1. The van der Waals surface area contributed by atoms with Crippen LogP contribution in [0.4, 0.5) is 11.6 Å². The molecule has 5 heteroatoms. The van der Waals surface area contributed by atoms with E-state index in [0.717, 1.165) is 17.7 Å². The number of anilines is 2. The van der Waals surface area contributed by atoms with Crippen molar-refractivity contribution in [3.63, 3.8) is 0 Å². The van der Waals surface area contributed by atoms with Gasteiger partial charge in [0.25, 0.3) is 0 Å². The summed E-state index contributed by atoms with van der Waals surface area (Å²) in [6.45, 7) is 0. The lowest BCUT2D eigenvalue weighted by Crippen LogP contribution is -2.36. The molecule has 2 saturated carbocycles. The molecule has 1 heterocycles. The van der Waals surface area contributed by atoms with Crippen molar-refractivity contribution in [3.8, 4) is 0 Å². The molecule has 2 fully saturated rings. The molecule has 2 aliphatic rings. The lowest BCUT2D eigenvalue weighted by atomic mass is 9.86. The molecule has 0 bridgehead atoms. The van der Waals surface area contributed by atoms with Crippen LogP contribution in [0.15, 0.2) is 12.4 Å². The molecule has 3 rings (SSSR count). The number of hydrogen-bond acceptors (Lipinski definition) is 5. The maximum atomic E-state index is 5.75. The number of rotatable bonds is 6. The Labute approximate surface area is 131 Å². The Balaban J connectivity index is 1.43. The highest BCUT2D eigenvalue weighted by Crippen LogP contribution is 2.35. The monoisotopic (exact) mass is 306 g/mol. The minimum Gasteiger partial charge on any atom is -0.384 e. The van der Waals surface area contributed by atoms with Gasteiger partial charge in [-0.05, 0) is 61.9 Å². The standard InChI is InChI=1S/C16H26N4S/c1-20(16-8-15(17)18-11-19-16)14-6-4-13(5-7-14)10-21-9-12-2-3-12/h8,11-14H,2-7,9-10H2,1H3,(H2,17,18,19). The lowest BCUT2D eigenvalue weighted by molar-refractivity contribution is 0.344. The highest BCUT2D eigenvalue weighted by atomic mass is 32.2. The molecule has 116 valence electrons. The van der Waals surface area contributed by atoms with E-state index < -0.39 is 0 Å². The third-order valence-electron chi connectivity index (χ3n) is 4.80. The molecule has 2 N–H and O–H groups in total. The smallest absolute Gasteiger partial charge is 0.134 e. The molecule has 0 aromatic carbocycles. The summed E-state index contributed by atoms with van der Waals surface area (Å²) in [4.78, 5) is 10.6. The van der Waals surface area contributed by atoms with Crippen LogP contribution in [0.25, 0.3) is 0 Å². The maximum absolute atomic E-state index is 5.75. The Morgan fingerprint density at radius 1 is 1.10 bits per heavy atom. The van der Waals surface area contributed by atoms with E-state index in [-0.39, 0.29) is 0 Å². The molecule has 0 atom stereocenters. The molecule has 0 unspecified atom stereocenters. The Kier molecular flexibility index (Phi) is 4.88. The fraction of sp³-hybridized carbons (Fsp3) is 0.750. The van der Waals surface area contributed by atoms with Crippen molar-refractivity contribution in [1.29, 1.82) is 0 Å². The first-order valence-electron chi connectivity index (χ1n) is 8.10. The van der Waals surface area contributed by atoms with Crippen LogP contribution < -0.4 is 10.6 Å². The van der Waals surface area contributed by atoms with Crippen molar-refractivity contribution in [1.82, 2.24) is 9.97 Å². The molecule has 2 aliphatic carbocycles. The van der Waals surface area contributed by atoms with E-state index in [1.165, 1.54) is 50.0 Å². The molecule has 0 amide bonds. The number of thioether (sulfide) groups is 1. The van der Waals surface area contributed by atoms with Gasteiger partial charge in [0.1, 0.15) is 18.0 Å². The van der Waals surface area contributed by atoms with Crippen molar-refractivity contribution in [2.45, 2.75) is 44.6 Å². The van der Waals surface area contributed by atoms with Crippen LogP contribution in [-0.4, -0.2) is 34.6 Å². The molecule has 0 aliphatic heterocycles. The van der Waals surface area contributed by atoms with Crippen LogP contribution in [0.1, 0.15) is 38.5 Å². The second kappa shape index (κ2) is 6.86. The van der Waals surface area contributed by atoms with Gasteiger partial charge in [0.15, 0.2) is 0 Å². The van der Waals surface area contributed by atoms with Gasteiger partial charge in [-0.15, -0.1) is 0 Å². The molecule has 0 spiro atoms. The van der Waals surface area contributed by atoms with Crippen LogP contribution in [0.5, 0.6) is 0 Å². The second-order valence-electron chi connectivity index (χ2n) is 6.57. The van der Waals surface area contributed by atoms with Gasteiger partial charge in [0, 0.05) is 19.2 Å². The third-order valence-corrected chi connectivity index (χ3v) is 6.22. The summed E-state index contributed by atoms with van der Waals surface area (Å²) in [7, 11) is 2.13. The van der Waals surface area contributed by atoms with Gasteiger partial charge in [0.2, 0.25) is 0 Å². The Morgan fingerprint density at radius 3 is 2.29 bits per heavy atom. The van der Waals surface area contributed by atoms with E-state index in [1.54, 1.807) is 6.33 Å². The quantitative estimate of drug-likeness (QED) is 0.874. The summed E-state index contributed by atoms with van der Waals surface area (Å²) in [6, 6.07) is 2.47. The van der Waals surface area contributed by atoms with Gasteiger partial charge in [0.05, 0.1) is 0 Å². The summed E-state index contributed by atoms with van der Waals surface area (Å²) in [6.07, 6.45) is 9.77. The van der Waals surface area contributed by atoms with Crippen LogP contribution in [0, 0.1) is 11.8 Å². The predicted octanol–water partition coefficient (Wildman–Crippen LogP) is 3.20. The number of hydrogen-bond donors (Lipinski definition) is 1. The zero-order valence-corrected chi connectivity index (χ0v) is 13.7. The zero-order chi connectivity index (χ0) is 14.7. The SMILES string of the molecule is CN(c1cc(N)ncn1)C1CCC(CSCC2CC2)CC1. The van der Waals surface area contributed by atoms with Crippen molar-refractivity contribution in [2.24, 2.45) is 11.8 Å². The minimum absolute atomic E-state index is 0.553. The van der Waals surface area contributed by atoms with E-state index in [1.807, 2.05) is 6.07 Å². The first kappa shape index (κ1) is 14.9. The number of nitrogens with zero attached hydrogens (tertiary/aromatic N) is 3. The minimum atomic E-state index is 0.553. The van der Waals surface area contributed by atoms with Gasteiger partial charge in [-0.3, -0.25) is 0 Å². The maximum Gasteiger partial charge on any atom is 0.134 e. The molecule has 1 aromatic heterocycles. The normalized spacial score (nSPS) is 25.8. The lowest BCUT2D eigenvalue weighted by Gasteiger charge is -2.35. The van der Waals surface area contributed by atoms with E-state index in [0.29, 0.717) is 11.9 Å². The van der Waals surface area contributed by atoms with Crippen LogP contribution >= 0.6 is 11.8 Å². The fourth-order valence-electron chi connectivity index (χ4n) is 3.13. The van der Waals surface area contributed by atoms with Crippen LogP contribution in [0.2, 0.25) is 0 Å².